The number of hydrogen-bond acceptors (Lipinski definition) is 4. The fourth-order valence-electron chi connectivity index (χ4n) is 5.39. The van der Waals surface area contributed by atoms with Gasteiger partial charge in [0.2, 0.25) is 11.8 Å². The van der Waals surface area contributed by atoms with Crippen molar-refractivity contribution in [3.63, 3.8) is 0 Å². The lowest BCUT2D eigenvalue weighted by Gasteiger charge is -2.45. The molecular weight excluding hydrogens is 376 g/mol. The molecule has 3 rings (SSSR count). The zero-order valence-corrected chi connectivity index (χ0v) is 19.9. The van der Waals surface area contributed by atoms with Crippen molar-refractivity contribution in [2.24, 2.45) is 17.8 Å². The van der Waals surface area contributed by atoms with Crippen molar-refractivity contribution in [1.82, 2.24) is 20.0 Å². The summed E-state index contributed by atoms with van der Waals surface area (Å²) in [5.74, 6) is 1.83. The maximum absolute atomic E-state index is 13.6. The van der Waals surface area contributed by atoms with E-state index in [0.29, 0.717) is 30.3 Å². The highest BCUT2D eigenvalue weighted by Gasteiger charge is 2.39. The summed E-state index contributed by atoms with van der Waals surface area (Å²) in [6.45, 7) is 16.5. The van der Waals surface area contributed by atoms with Gasteiger partial charge in [-0.2, -0.15) is 0 Å². The molecule has 1 unspecified atom stereocenters. The van der Waals surface area contributed by atoms with Crippen LogP contribution in [-0.4, -0.2) is 83.9 Å². The fourth-order valence-corrected chi connectivity index (χ4v) is 5.39. The molecule has 3 aliphatic rings. The molecule has 3 fully saturated rings. The molecule has 0 aromatic heterocycles. The average Bonchev–Trinajstić information content (AvgIpc) is 2.66. The van der Waals surface area contributed by atoms with E-state index in [-0.39, 0.29) is 23.9 Å². The van der Waals surface area contributed by atoms with Crippen LogP contribution in [0.1, 0.15) is 66.7 Å². The highest BCUT2D eigenvalue weighted by molar-refractivity contribution is 5.90. The first-order valence-corrected chi connectivity index (χ1v) is 12.3. The third kappa shape index (κ3) is 5.56. The number of carbonyl (C=O) groups excluding carboxylic acids is 2. The summed E-state index contributed by atoms with van der Waals surface area (Å²) in [5, 5.41) is 3.38. The van der Waals surface area contributed by atoms with E-state index in [4.69, 9.17) is 0 Å². The molecular formula is C24H44N4O2. The van der Waals surface area contributed by atoms with Gasteiger partial charge in [-0.15, -0.1) is 0 Å². The van der Waals surface area contributed by atoms with Crippen LogP contribution in [-0.2, 0) is 9.59 Å². The van der Waals surface area contributed by atoms with E-state index in [1.165, 1.54) is 19.5 Å². The molecule has 0 saturated carbocycles. The van der Waals surface area contributed by atoms with Gasteiger partial charge in [-0.05, 0) is 69.9 Å². The van der Waals surface area contributed by atoms with E-state index in [9.17, 15) is 9.59 Å². The van der Waals surface area contributed by atoms with Crippen molar-refractivity contribution in [2.45, 2.75) is 84.8 Å². The Bertz CT molecular complexity index is 582. The number of rotatable bonds is 8. The molecule has 3 aliphatic heterocycles. The Kier molecular flexibility index (Phi) is 8.19. The number of amides is 2. The highest BCUT2D eigenvalue weighted by atomic mass is 16.2. The smallest absolute Gasteiger partial charge is 0.245 e. The van der Waals surface area contributed by atoms with Crippen molar-refractivity contribution in [2.75, 3.05) is 39.3 Å². The Morgan fingerprint density at radius 2 is 1.67 bits per heavy atom. The second-order valence-electron chi connectivity index (χ2n) is 10.6. The van der Waals surface area contributed by atoms with E-state index in [2.05, 4.69) is 49.7 Å². The second kappa shape index (κ2) is 10.4. The summed E-state index contributed by atoms with van der Waals surface area (Å²) in [6, 6.07) is 0.178. The Hall–Kier alpha value is -1.14. The predicted octanol–water partition coefficient (Wildman–Crippen LogP) is 2.58. The molecule has 6 heteroatoms. The van der Waals surface area contributed by atoms with E-state index in [1.807, 2.05) is 4.90 Å². The maximum Gasteiger partial charge on any atom is 0.245 e. The standard InChI is InChI=1S/C24H44N4O2/c1-17(2)15-21-23(29)28(14-9-25-21)22(16-18(3)4)24(30)27-12-7-20(8-13-27)19(5)26-10-6-11-26/h17-22,25H,6-16H2,1-5H3/t19?,21-,22-/m0/s1. The van der Waals surface area contributed by atoms with Crippen LogP contribution in [0.15, 0.2) is 0 Å². The first-order chi connectivity index (χ1) is 14.3. The number of hydrogen-bond donors (Lipinski definition) is 1. The van der Waals surface area contributed by atoms with Gasteiger partial charge in [-0.25, -0.2) is 0 Å². The van der Waals surface area contributed by atoms with Gasteiger partial charge in [0.15, 0.2) is 0 Å². The predicted molar refractivity (Wildman–Crippen MR) is 121 cm³/mol. The molecule has 0 spiro atoms. The van der Waals surface area contributed by atoms with E-state index >= 15 is 0 Å². The summed E-state index contributed by atoms with van der Waals surface area (Å²) in [4.78, 5) is 33.3. The topological polar surface area (TPSA) is 55.9 Å². The lowest BCUT2D eigenvalue weighted by atomic mass is 9.87. The van der Waals surface area contributed by atoms with E-state index in [1.54, 1.807) is 0 Å². The molecule has 2 amide bonds. The molecule has 0 aliphatic carbocycles. The largest absolute Gasteiger partial charge is 0.341 e. The molecule has 3 heterocycles. The minimum absolute atomic E-state index is 0.121. The minimum atomic E-state index is -0.307. The monoisotopic (exact) mass is 420 g/mol. The van der Waals surface area contributed by atoms with Gasteiger partial charge in [-0.1, -0.05) is 27.7 Å². The first kappa shape index (κ1) is 23.5. The number of piperidine rings is 1. The SMILES string of the molecule is CC(C)C[C@@H]1NCCN([C@@H](CC(C)C)C(=O)N2CCC(C(C)N3CCC3)CC2)C1=O. The van der Waals surface area contributed by atoms with Gasteiger partial charge in [0.05, 0.1) is 6.04 Å². The van der Waals surface area contributed by atoms with Gasteiger partial charge in [-0.3, -0.25) is 9.59 Å². The van der Waals surface area contributed by atoms with Crippen LogP contribution < -0.4 is 5.32 Å². The van der Waals surface area contributed by atoms with Crippen LogP contribution in [0.4, 0.5) is 0 Å². The number of nitrogens with zero attached hydrogens (tertiary/aromatic N) is 3. The molecule has 172 valence electrons. The molecule has 0 aromatic rings. The van der Waals surface area contributed by atoms with E-state index in [0.717, 1.165) is 45.3 Å². The quantitative estimate of drug-likeness (QED) is 0.656. The second-order valence-corrected chi connectivity index (χ2v) is 10.6. The molecule has 30 heavy (non-hydrogen) atoms. The molecule has 0 radical (unpaired) electrons. The number of likely N-dealkylation sites (tertiary alicyclic amines) is 2. The van der Waals surface area contributed by atoms with Crippen molar-refractivity contribution < 1.29 is 9.59 Å². The Morgan fingerprint density at radius 3 is 2.20 bits per heavy atom. The van der Waals surface area contributed by atoms with Gasteiger partial charge in [0.1, 0.15) is 6.04 Å². The van der Waals surface area contributed by atoms with Gasteiger partial charge in [0, 0.05) is 32.2 Å². The third-order valence-corrected chi connectivity index (χ3v) is 7.39. The Balaban J connectivity index is 1.63. The average molecular weight is 421 g/mol. The maximum atomic E-state index is 13.6. The molecule has 3 atom stereocenters. The highest BCUT2D eigenvalue weighted by Crippen LogP contribution is 2.28. The summed E-state index contributed by atoms with van der Waals surface area (Å²) < 4.78 is 0. The lowest BCUT2D eigenvalue weighted by Crippen LogP contribution is -2.62. The normalized spacial score (nSPS) is 26.2. The van der Waals surface area contributed by atoms with Crippen molar-refractivity contribution in [3.05, 3.63) is 0 Å². The number of piperazine rings is 1. The van der Waals surface area contributed by atoms with Gasteiger partial charge >= 0.3 is 0 Å². The van der Waals surface area contributed by atoms with Gasteiger partial charge in [0.25, 0.3) is 0 Å². The zero-order valence-electron chi connectivity index (χ0n) is 19.9. The molecule has 1 N–H and O–H groups in total. The zero-order chi connectivity index (χ0) is 21.8. The van der Waals surface area contributed by atoms with Crippen LogP contribution in [0.25, 0.3) is 0 Å². The van der Waals surface area contributed by atoms with Gasteiger partial charge < -0.3 is 20.0 Å². The first-order valence-electron chi connectivity index (χ1n) is 12.3. The number of carbonyl (C=O) groups is 2. The lowest BCUT2D eigenvalue weighted by molar-refractivity contribution is -0.150. The molecule has 6 nitrogen and oxygen atoms in total. The number of nitrogens with one attached hydrogen (secondary N) is 1. The Labute approximate surface area is 183 Å². The van der Waals surface area contributed by atoms with Crippen molar-refractivity contribution in [1.29, 1.82) is 0 Å². The molecule has 0 aromatic carbocycles. The van der Waals surface area contributed by atoms with Crippen LogP contribution in [0, 0.1) is 17.8 Å². The minimum Gasteiger partial charge on any atom is -0.341 e. The summed E-state index contributed by atoms with van der Waals surface area (Å²) >= 11 is 0. The summed E-state index contributed by atoms with van der Waals surface area (Å²) in [6.07, 6.45) is 5.09. The fraction of sp³-hybridized carbons (Fsp3) is 0.917. The summed E-state index contributed by atoms with van der Waals surface area (Å²) in [7, 11) is 0. The van der Waals surface area contributed by atoms with E-state index < -0.39 is 0 Å². The summed E-state index contributed by atoms with van der Waals surface area (Å²) in [5.41, 5.74) is 0. The molecule has 3 saturated heterocycles. The van der Waals surface area contributed by atoms with Crippen LogP contribution in [0.5, 0.6) is 0 Å². The van der Waals surface area contributed by atoms with Crippen LogP contribution in [0.2, 0.25) is 0 Å². The van der Waals surface area contributed by atoms with Crippen molar-refractivity contribution >= 4 is 11.8 Å². The van der Waals surface area contributed by atoms with Crippen molar-refractivity contribution in [3.8, 4) is 0 Å². The van der Waals surface area contributed by atoms with Crippen LogP contribution >= 0.6 is 0 Å². The molecule has 0 bridgehead atoms. The van der Waals surface area contributed by atoms with Crippen LogP contribution in [0.3, 0.4) is 0 Å². The Morgan fingerprint density at radius 1 is 1.00 bits per heavy atom. The third-order valence-electron chi connectivity index (χ3n) is 7.39.